The first-order valence-electron chi connectivity index (χ1n) is 11.3. The lowest BCUT2D eigenvalue weighted by Gasteiger charge is -2.13. The van der Waals surface area contributed by atoms with Gasteiger partial charge in [0.25, 0.3) is 30.1 Å². The van der Waals surface area contributed by atoms with Crippen molar-refractivity contribution in [2.24, 2.45) is 0 Å². The Morgan fingerprint density at radius 2 is 0.615 bits per heavy atom. The molecule has 0 saturated heterocycles. The van der Waals surface area contributed by atoms with Crippen molar-refractivity contribution in [2.45, 2.75) is 35.5 Å². The predicted molar refractivity (Wildman–Crippen MR) is 146 cm³/mol. The van der Waals surface area contributed by atoms with Gasteiger partial charge in [0, 0.05) is 0 Å². The average molecular weight is 589 g/mol. The minimum Gasteiger partial charge on any atom is -0.247 e. The maximum absolute atomic E-state index is 12.9. The summed E-state index contributed by atoms with van der Waals surface area (Å²) < 4.78 is 84.0. The van der Waals surface area contributed by atoms with Gasteiger partial charge in [0.05, 0.1) is 14.7 Å². The van der Waals surface area contributed by atoms with E-state index in [1.807, 2.05) is 0 Å². The molecule has 0 amide bonds. The van der Waals surface area contributed by atoms with Gasteiger partial charge in [-0.25, -0.2) is 39.4 Å². The Morgan fingerprint density at radius 1 is 0.410 bits per heavy atom. The number of hydrogen-bond donors (Lipinski definition) is 3. The summed E-state index contributed by atoms with van der Waals surface area (Å²) in [7, 11) is -12.7. The van der Waals surface area contributed by atoms with Crippen molar-refractivity contribution in [3.63, 3.8) is 0 Å². The molecule has 0 fully saturated rings. The van der Waals surface area contributed by atoms with Gasteiger partial charge in [-0.05, 0) is 57.2 Å². The second-order valence-corrected chi connectivity index (χ2v) is 13.6. The molecule has 12 nitrogen and oxygen atoms in total. The quantitative estimate of drug-likeness (QED) is 0.265. The van der Waals surface area contributed by atoms with Gasteiger partial charge >= 0.3 is 0 Å². The van der Waals surface area contributed by atoms with E-state index in [0.717, 1.165) is 16.7 Å². The van der Waals surface area contributed by atoms with Gasteiger partial charge in [-0.3, -0.25) is 0 Å². The third-order valence-corrected chi connectivity index (χ3v) is 9.34. The van der Waals surface area contributed by atoms with Crippen LogP contribution in [-0.2, 0) is 30.1 Å². The molecule has 1 heterocycles. The number of aromatic nitrogens is 3. The van der Waals surface area contributed by atoms with Crippen molar-refractivity contribution in [1.29, 1.82) is 0 Å². The van der Waals surface area contributed by atoms with Crippen molar-refractivity contribution >= 4 is 47.9 Å². The van der Waals surface area contributed by atoms with Crippen molar-refractivity contribution in [2.75, 3.05) is 14.2 Å². The van der Waals surface area contributed by atoms with E-state index in [4.69, 9.17) is 0 Å². The predicted octanol–water partition coefficient (Wildman–Crippen LogP) is 3.20. The maximum atomic E-state index is 12.9. The first kappa shape index (κ1) is 27.9. The third-order valence-electron chi connectivity index (χ3n) is 5.31. The Labute approximate surface area is 226 Å². The minimum atomic E-state index is -4.22. The minimum absolute atomic E-state index is 0.114. The van der Waals surface area contributed by atoms with Crippen molar-refractivity contribution < 1.29 is 25.3 Å². The Kier molecular flexibility index (Phi) is 7.59. The molecule has 3 aromatic carbocycles. The first-order valence-corrected chi connectivity index (χ1v) is 15.7. The zero-order valence-electron chi connectivity index (χ0n) is 20.9. The summed E-state index contributed by atoms with van der Waals surface area (Å²) in [5.41, 5.74) is 2.49. The monoisotopic (exact) mass is 588 g/mol. The van der Waals surface area contributed by atoms with Gasteiger partial charge in [0.15, 0.2) is 0 Å². The molecule has 39 heavy (non-hydrogen) atoms. The van der Waals surface area contributed by atoms with Crippen molar-refractivity contribution in [1.82, 2.24) is 15.0 Å². The zero-order chi connectivity index (χ0) is 28.4. The Bertz CT molecular complexity index is 1600. The molecule has 204 valence electrons. The molecule has 0 radical (unpaired) electrons. The molecule has 0 spiro atoms. The van der Waals surface area contributed by atoms with Crippen LogP contribution in [0.4, 0.5) is 17.8 Å². The highest BCUT2D eigenvalue weighted by Gasteiger charge is 2.23. The first-order chi connectivity index (χ1) is 18.2. The highest BCUT2D eigenvalue weighted by atomic mass is 32.2. The summed E-state index contributed by atoms with van der Waals surface area (Å²) in [5, 5.41) is 0. The third kappa shape index (κ3) is 6.87. The van der Waals surface area contributed by atoms with Crippen LogP contribution >= 0.6 is 0 Å². The summed E-state index contributed by atoms with van der Waals surface area (Å²) in [6.07, 6.45) is 0. The van der Waals surface area contributed by atoms with Crippen LogP contribution < -0.4 is 14.2 Å². The molecule has 0 unspecified atom stereocenters. The van der Waals surface area contributed by atoms with Gasteiger partial charge in [-0.2, -0.15) is 15.0 Å². The lowest BCUT2D eigenvalue weighted by molar-refractivity contribution is 0.599. The van der Waals surface area contributed by atoms with E-state index in [9.17, 15) is 25.3 Å². The fraction of sp³-hybridized carbons (Fsp3) is 0.125. The van der Waals surface area contributed by atoms with Gasteiger partial charge < -0.3 is 0 Å². The standard InChI is InChI=1S/C24H24N6O6S3/c1-16-4-10-19(11-5-16)37(31,32)28-22-25-23(29-38(33,34)20-12-6-17(2)7-13-20)27-24(26-22)30-39(35,36)21-14-8-18(3)9-15-21/h4-15H,1-3H3,(H3,25,26,27,28,29,30). The number of nitrogens with one attached hydrogen (secondary N) is 3. The highest BCUT2D eigenvalue weighted by Crippen LogP contribution is 2.21. The number of nitrogens with zero attached hydrogens (tertiary/aromatic N) is 3. The number of aryl methyl sites for hydroxylation is 3. The zero-order valence-corrected chi connectivity index (χ0v) is 23.4. The summed E-state index contributed by atoms with van der Waals surface area (Å²) in [6, 6.07) is 17.7. The smallest absolute Gasteiger partial charge is 0.247 e. The average Bonchev–Trinajstić information content (AvgIpc) is 2.84. The fourth-order valence-corrected chi connectivity index (χ4v) is 6.03. The van der Waals surface area contributed by atoms with E-state index >= 15 is 0 Å². The molecule has 0 aliphatic heterocycles. The number of benzene rings is 3. The topological polar surface area (TPSA) is 177 Å². The number of anilines is 3. The van der Waals surface area contributed by atoms with Crippen molar-refractivity contribution in [3.05, 3.63) is 89.5 Å². The number of sulfonamides is 3. The van der Waals surface area contributed by atoms with E-state index in [0.29, 0.717) is 0 Å². The molecule has 0 atom stereocenters. The van der Waals surface area contributed by atoms with E-state index in [-0.39, 0.29) is 14.7 Å². The summed E-state index contributed by atoms with van der Waals surface area (Å²) in [5.74, 6) is -1.85. The second-order valence-electron chi connectivity index (χ2n) is 8.56. The summed E-state index contributed by atoms with van der Waals surface area (Å²) in [6.45, 7) is 5.36. The normalized spacial score (nSPS) is 12.1. The van der Waals surface area contributed by atoms with Gasteiger partial charge in [0.2, 0.25) is 17.8 Å². The fourth-order valence-electron chi connectivity index (χ4n) is 3.20. The van der Waals surface area contributed by atoms with E-state index in [1.165, 1.54) is 36.4 Å². The molecule has 0 bridgehead atoms. The highest BCUT2D eigenvalue weighted by molar-refractivity contribution is 7.93. The Hall–Kier alpha value is -4.08. The second kappa shape index (κ2) is 10.6. The summed E-state index contributed by atoms with van der Waals surface area (Å²) in [4.78, 5) is 11.3. The van der Waals surface area contributed by atoms with Crippen LogP contribution in [0.1, 0.15) is 16.7 Å². The largest absolute Gasteiger partial charge is 0.264 e. The molecular formula is C24H24N6O6S3. The molecule has 3 N–H and O–H groups in total. The Morgan fingerprint density at radius 3 is 0.821 bits per heavy atom. The van der Waals surface area contributed by atoms with Crippen LogP contribution in [0.25, 0.3) is 0 Å². The number of rotatable bonds is 9. The Balaban J connectivity index is 1.74. The molecule has 15 heteroatoms. The molecule has 0 aliphatic rings. The van der Waals surface area contributed by atoms with Gasteiger partial charge in [-0.15, -0.1) is 0 Å². The van der Waals surface area contributed by atoms with Crippen LogP contribution in [0, 0.1) is 20.8 Å². The van der Waals surface area contributed by atoms with E-state index in [1.54, 1.807) is 57.2 Å². The van der Waals surface area contributed by atoms with Gasteiger partial charge in [-0.1, -0.05) is 53.1 Å². The SMILES string of the molecule is Cc1ccc(S(=O)(=O)Nc2nc(NS(=O)(=O)c3ccc(C)cc3)nc(NS(=O)(=O)c3ccc(C)cc3)n2)cc1. The molecule has 0 aliphatic carbocycles. The maximum Gasteiger partial charge on any atom is 0.264 e. The van der Waals surface area contributed by atoms with Crippen LogP contribution in [0.15, 0.2) is 87.5 Å². The van der Waals surface area contributed by atoms with Crippen LogP contribution in [-0.4, -0.2) is 40.2 Å². The van der Waals surface area contributed by atoms with E-state index in [2.05, 4.69) is 29.1 Å². The van der Waals surface area contributed by atoms with Crippen LogP contribution in [0.2, 0.25) is 0 Å². The summed E-state index contributed by atoms with van der Waals surface area (Å²) >= 11 is 0. The van der Waals surface area contributed by atoms with Crippen LogP contribution in [0.3, 0.4) is 0 Å². The van der Waals surface area contributed by atoms with E-state index < -0.39 is 47.9 Å². The molecule has 4 rings (SSSR count). The van der Waals surface area contributed by atoms with Crippen molar-refractivity contribution in [3.8, 4) is 0 Å². The van der Waals surface area contributed by atoms with Crippen LogP contribution in [0.5, 0.6) is 0 Å². The molecular weight excluding hydrogens is 565 g/mol. The van der Waals surface area contributed by atoms with Gasteiger partial charge in [0.1, 0.15) is 0 Å². The molecule has 4 aromatic rings. The molecule has 0 saturated carbocycles. The number of hydrogen-bond acceptors (Lipinski definition) is 9. The lowest BCUT2D eigenvalue weighted by Crippen LogP contribution is -2.21. The molecule has 1 aromatic heterocycles. The lowest BCUT2D eigenvalue weighted by atomic mass is 10.2.